The van der Waals surface area contributed by atoms with Crippen molar-refractivity contribution in [3.05, 3.63) is 23.8 Å². The molecule has 0 saturated carbocycles. The average Bonchev–Trinajstić information content (AvgIpc) is 2.96. The van der Waals surface area contributed by atoms with Gasteiger partial charge in [-0.1, -0.05) is 13.3 Å². The fourth-order valence-electron chi connectivity index (χ4n) is 3.01. The van der Waals surface area contributed by atoms with Gasteiger partial charge in [0, 0.05) is 5.56 Å². The second kappa shape index (κ2) is 6.27. The fraction of sp³-hybridized carbons (Fsp3) is 0.562. The summed E-state index contributed by atoms with van der Waals surface area (Å²) in [6.07, 6.45) is 3.83. The average molecular weight is 277 g/mol. The van der Waals surface area contributed by atoms with E-state index in [0.717, 1.165) is 32.2 Å². The summed E-state index contributed by atoms with van der Waals surface area (Å²) in [7, 11) is 3.18. The molecule has 1 saturated heterocycles. The molecule has 1 unspecified atom stereocenters. The molecule has 1 aliphatic heterocycles. The molecule has 0 spiro atoms. The first-order valence-electron chi connectivity index (χ1n) is 7.18. The van der Waals surface area contributed by atoms with Gasteiger partial charge in [-0.3, -0.25) is 4.79 Å². The van der Waals surface area contributed by atoms with Crippen LogP contribution in [0, 0.1) is 0 Å². The Kier molecular flexibility index (Phi) is 4.65. The highest BCUT2D eigenvalue weighted by Crippen LogP contribution is 2.33. The molecule has 0 bridgehead atoms. The zero-order valence-corrected chi connectivity index (χ0v) is 12.5. The van der Waals surface area contributed by atoms with E-state index in [0.29, 0.717) is 17.1 Å². The summed E-state index contributed by atoms with van der Waals surface area (Å²) in [5.74, 6) is 1.41. The van der Waals surface area contributed by atoms with Crippen molar-refractivity contribution in [3.63, 3.8) is 0 Å². The van der Waals surface area contributed by atoms with Gasteiger partial charge in [0.2, 0.25) is 0 Å². The molecule has 1 heterocycles. The lowest BCUT2D eigenvalue weighted by molar-refractivity contribution is 0.0857. The maximum atomic E-state index is 12.9. The van der Waals surface area contributed by atoms with Gasteiger partial charge in [-0.05, 0) is 44.0 Å². The predicted molar refractivity (Wildman–Crippen MR) is 78.8 cm³/mol. The summed E-state index contributed by atoms with van der Waals surface area (Å²) >= 11 is 0. The highest BCUT2D eigenvalue weighted by atomic mass is 16.5. The van der Waals surface area contributed by atoms with Crippen LogP contribution in [0.25, 0.3) is 0 Å². The molecule has 0 aliphatic carbocycles. The number of nitrogens with one attached hydrogen (secondary N) is 1. The first kappa shape index (κ1) is 14.9. The normalized spacial score (nSPS) is 21.8. The molecule has 1 aromatic carbocycles. The Bertz CT molecular complexity index is 479. The maximum Gasteiger partial charge on any atom is 0.182 e. The zero-order chi connectivity index (χ0) is 14.6. The van der Waals surface area contributed by atoms with E-state index in [-0.39, 0.29) is 5.78 Å². The number of ketones is 1. The molecule has 0 aromatic heterocycles. The summed E-state index contributed by atoms with van der Waals surface area (Å²) in [6.45, 7) is 3.03. The molecule has 0 amide bonds. The van der Waals surface area contributed by atoms with Crippen molar-refractivity contribution in [1.29, 1.82) is 0 Å². The predicted octanol–water partition coefficient (Wildman–Crippen LogP) is 2.81. The summed E-state index contributed by atoms with van der Waals surface area (Å²) < 4.78 is 10.5. The Labute approximate surface area is 120 Å². The quantitative estimate of drug-likeness (QED) is 0.812. The van der Waals surface area contributed by atoms with Crippen LogP contribution < -0.4 is 14.8 Å². The molecular formula is C16H23NO3. The van der Waals surface area contributed by atoms with Crippen LogP contribution in [0.15, 0.2) is 18.2 Å². The molecule has 1 N–H and O–H groups in total. The van der Waals surface area contributed by atoms with Crippen molar-refractivity contribution in [3.8, 4) is 11.5 Å². The third-order valence-corrected chi connectivity index (χ3v) is 4.00. The molecule has 1 atom stereocenters. The van der Waals surface area contributed by atoms with E-state index < -0.39 is 5.54 Å². The number of carbonyl (C=O) groups is 1. The van der Waals surface area contributed by atoms with Gasteiger partial charge in [0.1, 0.15) is 0 Å². The van der Waals surface area contributed by atoms with E-state index in [9.17, 15) is 4.79 Å². The van der Waals surface area contributed by atoms with Crippen LogP contribution in [0.4, 0.5) is 0 Å². The standard InChI is InChI=1S/C16H23NO3/c1-4-8-16(9-5-10-17-16)15(18)12-6-7-13(19-2)14(11-12)20-3/h6-7,11,17H,4-5,8-10H2,1-3H3. The minimum Gasteiger partial charge on any atom is -0.493 e. The lowest BCUT2D eigenvalue weighted by Gasteiger charge is -2.28. The Morgan fingerprint density at radius 3 is 2.60 bits per heavy atom. The number of hydrogen-bond acceptors (Lipinski definition) is 4. The molecule has 2 rings (SSSR count). The highest BCUT2D eigenvalue weighted by molar-refractivity contribution is 6.04. The van der Waals surface area contributed by atoms with Crippen molar-refractivity contribution < 1.29 is 14.3 Å². The smallest absolute Gasteiger partial charge is 0.182 e. The molecule has 1 aliphatic rings. The maximum absolute atomic E-state index is 12.9. The van der Waals surface area contributed by atoms with Crippen molar-refractivity contribution in [1.82, 2.24) is 5.32 Å². The van der Waals surface area contributed by atoms with E-state index in [1.807, 2.05) is 6.07 Å². The Morgan fingerprint density at radius 2 is 2.05 bits per heavy atom. The number of methoxy groups -OCH3 is 2. The topological polar surface area (TPSA) is 47.6 Å². The van der Waals surface area contributed by atoms with Crippen LogP contribution in [0.3, 0.4) is 0 Å². The van der Waals surface area contributed by atoms with E-state index in [1.165, 1.54) is 0 Å². The van der Waals surface area contributed by atoms with Crippen LogP contribution in [0.1, 0.15) is 43.0 Å². The van der Waals surface area contributed by atoms with Crippen molar-refractivity contribution in [2.75, 3.05) is 20.8 Å². The summed E-state index contributed by atoms with van der Waals surface area (Å²) in [5.41, 5.74) is 0.291. The second-order valence-electron chi connectivity index (χ2n) is 5.26. The Hall–Kier alpha value is -1.55. The zero-order valence-electron chi connectivity index (χ0n) is 12.5. The van der Waals surface area contributed by atoms with Gasteiger partial charge in [-0.2, -0.15) is 0 Å². The van der Waals surface area contributed by atoms with Crippen LogP contribution >= 0.6 is 0 Å². The van der Waals surface area contributed by atoms with Gasteiger partial charge < -0.3 is 14.8 Å². The first-order chi connectivity index (χ1) is 9.66. The first-order valence-corrected chi connectivity index (χ1v) is 7.18. The van der Waals surface area contributed by atoms with Crippen LogP contribution in [-0.2, 0) is 0 Å². The Balaban J connectivity index is 2.32. The molecule has 4 heteroatoms. The van der Waals surface area contributed by atoms with Crippen molar-refractivity contribution in [2.45, 2.75) is 38.1 Å². The summed E-state index contributed by atoms with van der Waals surface area (Å²) in [4.78, 5) is 12.9. The fourth-order valence-corrected chi connectivity index (χ4v) is 3.01. The van der Waals surface area contributed by atoms with Gasteiger partial charge in [0.25, 0.3) is 0 Å². The number of carbonyl (C=O) groups excluding carboxylic acids is 1. The van der Waals surface area contributed by atoms with Crippen molar-refractivity contribution in [2.24, 2.45) is 0 Å². The Morgan fingerprint density at radius 1 is 1.30 bits per heavy atom. The number of ether oxygens (including phenoxy) is 2. The lowest BCUT2D eigenvalue weighted by Crippen LogP contribution is -2.47. The highest BCUT2D eigenvalue weighted by Gasteiger charge is 2.40. The number of hydrogen-bond donors (Lipinski definition) is 1. The number of Topliss-reactive ketones (excluding diaryl/α,β-unsaturated/α-hetero) is 1. The van der Waals surface area contributed by atoms with Crippen molar-refractivity contribution >= 4 is 5.78 Å². The molecule has 0 radical (unpaired) electrons. The second-order valence-corrected chi connectivity index (χ2v) is 5.26. The van der Waals surface area contributed by atoms with Crippen LogP contribution in [-0.4, -0.2) is 32.1 Å². The minimum atomic E-state index is -0.394. The lowest BCUT2D eigenvalue weighted by atomic mass is 9.84. The molecule has 1 fully saturated rings. The number of rotatable bonds is 6. The van der Waals surface area contributed by atoms with Gasteiger partial charge in [0.05, 0.1) is 19.8 Å². The number of benzene rings is 1. The van der Waals surface area contributed by atoms with E-state index in [1.54, 1.807) is 26.4 Å². The molecule has 4 nitrogen and oxygen atoms in total. The van der Waals surface area contributed by atoms with Gasteiger partial charge in [0.15, 0.2) is 17.3 Å². The van der Waals surface area contributed by atoms with Crippen LogP contribution in [0.5, 0.6) is 11.5 Å². The molecule has 20 heavy (non-hydrogen) atoms. The minimum absolute atomic E-state index is 0.165. The summed E-state index contributed by atoms with van der Waals surface area (Å²) in [5, 5.41) is 3.41. The van der Waals surface area contributed by atoms with Gasteiger partial charge >= 0.3 is 0 Å². The third-order valence-electron chi connectivity index (χ3n) is 4.00. The van der Waals surface area contributed by atoms with E-state index in [2.05, 4.69) is 12.2 Å². The molecule has 110 valence electrons. The summed E-state index contributed by atoms with van der Waals surface area (Å²) in [6, 6.07) is 5.39. The largest absolute Gasteiger partial charge is 0.493 e. The molecule has 1 aromatic rings. The van der Waals surface area contributed by atoms with Gasteiger partial charge in [-0.15, -0.1) is 0 Å². The van der Waals surface area contributed by atoms with E-state index >= 15 is 0 Å². The third kappa shape index (κ3) is 2.66. The monoisotopic (exact) mass is 277 g/mol. The van der Waals surface area contributed by atoms with Crippen LogP contribution in [0.2, 0.25) is 0 Å². The van der Waals surface area contributed by atoms with Gasteiger partial charge in [-0.25, -0.2) is 0 Å². The SMILES string of the molecule is CCCC1(C(=O)c2ccc(OC)c(OC)c2)CCCN1. The molecular weight excluding hydrogens is 254 g/mol. The van der Waals surface area contributed by atoms with E-state index in [4.69, 9.17) is 9.47 Å².